The lowest BCUT2D eigenvalue weighted by atomic mass is 10.1. The summed E-state index contributed by atoms with van der Waals surface area (Å²) in [7, 11) is 0. The maximum Gasteiger partial charge on any atom is 0.262 e. The SMILES string of the molecule is C=C(Br)C(=O)Nc1cccc(/C=C/C(=O)/C=C/c2cccc(NC(=O)C(=C)Br)c2)c1. The standard InChI is InChI=1S/C23H18Br2N2O3/c1-15(24)22(29)26-19-7-3-5-17(13-19)9-11-21(28)12-10-18-6-4-8-20(14-18)27-23(30)16(2)25/h3-14H,1-2H2,(H,26,29)(H,27,30)/b11-9+,12-10+. The number of nitrogens with one attached hydrogen (secondary N) is 2. The molecule has 2 N–H and O–H groups in total. The van der Waals surface area contributed by atoms with Gasteiger partial charge in [0.05, 0.1) is 8.96 Å². The molecule has 2 amide bonds. The van der Waals surface area contributed by atoms with Gasteiger partial charge in [0.15, 0.2) is 5.78 Å². The van der Waals surface area contributed by atoms with E-state index >= 15 is 0 Å². The topological polar surface area (TPSA) is 75.3 Å². The van der Waals surface area contributed by atoms with Gasteiger partial charge in [0.1, 0.15) is 0 Å². The van der Waals surface area contributed by atoms with Crippen LogP contribution in [0.4, 0.5) is 11.4 Å². The molecule has 0 aliphatic carbocycles. The van der Waals surface area contributed by atoms with Crippen LogP contribution in [0.2, 0.25) is 0 Å². The quantitative estimate of drug-likeness (QED) is 0.432. The molecule has 7 heteroatoms. The molecule has 0 spiro atoms. The summed E-state index contributed by atoms with van der Waals surface area (Å²) >= 11 is 6.05. The lowest BCUT2D eigenvalue weighted by Crippen LogP contribution is -2.10. The summed E-state index contributed by atoms with van der Waals surface area (Å²) in [5, 5.41) is 5.37. The Balaban J connectivity index is 2.02. The molecule has 0 aliphatic heterocycles. The van der Waals surface area contributed by atoms with Crippen molar-refractivity contribution in [1.82, 2.24) is 0 Å². The number of amides is 2. The second-order valence-corrected chi connectivity index (χ2v) is 7.95. The summed E-state index contributed by atoms with van der Waals surface area (Å²) in [5.74, 6) is -0.885. The third kappa shape index (κ3) is 7.77. The maximum atomic E-state index is 12.1. The molecule has 0 atom stereocenters. The van der Waals surface area contributed by atoms with Crippen molar-refractivity contribution in [3.05, 3.63) is 93.9 Å². The van der Waals surface area contributed by atoms with E-state index in [1.165, 1.54) is 12.2 Å². The smallest absolute Gasteiger partial charge is 0.262 e. The Morgan fingerprint density at radius 1 is 0.733 bits per heavy atom. The summed E-state index contributed by atoms with van der Waals surface area (Å²) in [6.07, 6.45) is 6.18. The third-order valence-electron chi connectivity index (χ3n) is 3.66. The van der Waals surface area contributed by atoms with Crippen LogP contribution in [0.15, 0.2) is 82.8 Å². The van der Waals surface area contributed by atoms with E-state index in [-0.39, 0.29) is 26.6 Å². The zero-order valence-electron chi connectivity index (χ0n) is 15.8. The van der Waals surface area contributed by atoms with Gasteiger partial charge in [-0.1, -0.05) is 49.6 Å². The Bertz CT molecular complexity index is 988. The fourth-order valence-electron chi connectivity index (χ4n) is 2.25. The first-order valence-electron chi connectivity index (χ1n) is 8.66. The molecule has 152 valence electrons. The average Bonchev–Trinajstić information content (AvgIpc) is 2.71. The van der Waals surface area contributed by atoms with Crippen molar-refractivity contribution in [3.8, 4) is 0 Å². The Morgan fingerprint density at radius 2 is 1.13 bits per heavy atom. The summed E-state index contributed by atoms with van der Waals surface area (Å²) in [6, 6.07) is 14.1. The zero-order chi connectivity index (χ0) is 22.1. The molecule has 0 saturated heterocycles. The first kappa shape index (κ1) is 23.3. The number of hydrogen-bond acceptors (Lipinski definition) is 3. The summed E-state index contributed by atoms with van der Waals surface area (Å²) in [5.41, 5.74) is 2.70. The van der Waals surface area contributed by atoms with Crippen LogP contribution >= 0.6 is 31.9 Å². The monoisotopic (exact) mass is 528 g/mol. The maximum absolute atomic E-state index is 12.1. The molecule has 5 nitrogen and oxygen atoms in total. The van der Waals surface area contributed by atoms with E-state index in [0.29, 0.717) is 11.4 Å². The van der Waals surface area contributed by atoms with Crippen LogP contribution in [-0.2, 0) is 14.4 Å². The van der Waals surface area contributed by atoms with Gasteiger partial charge in [0.2, 0.25) is 0 Å². The fourth-order valence-corrected chi connectivity index (χ4v) is 2.45. The van der Waals surface area contributed by atoms with Crippen LogP contribution in [0, 0.1) is 0 Å². The van der Waals surface area contributed by atoms with E-state index in [0.717, 1.165) is 11.1 Å². The number of hydrogen-bond donors (Lipinski definition) is 2. The van der Waals surface area contributed by atoms with Crippen molar-refractivity contribution in [2.24, 2.45) is 0 Å². The van der Waals surface area contributed by atoms with Gasteiger partial charge in [-0.3, -0.25) is 14.4 Å². The molecule has 0 heterocycles. The van der Waals surface area contributed by atoms with E-state index in [1.54, 1.807) is 48.6 Å². The van der Waals surface area contributed by atoms with Crippen LogP contribution in [0.1, 0.15) is 11.1 Å². The second-order valence-electron chi connectivity index (χ2n) is 6.04. The molecule has 0 radical (unpaired) electrons. The predicted molar refractivity (Wildman–Crippen MR) is 129 cm³/mol. The molecule has 2 aromatic carbocycles. The number of rotatable bonds is 8. The first-order chi connectivity index (χ1) is 14.2. The van der Waals surface area contributed by atoms with Crippen molar-refractivity contribution < 1.29 is 14.4 Å². The predicted octanol–water partition coefficient (Wildman–Crippen LogP) is 5.68. The van der Waals surface area contributed by atoms with Crippen molar-refractivity contribution in [3.63, 3.8) is 0 Å². The van der Waals surface area contributed by atoms with E-state index in [9.17, 15) is 14.4 Å². The van der Waals surface area contributed by atoms with Gasteiger partial charge >= 0.3 is 0 Å². The highest BCUT2D eigenvalue weighted by Crippen LogP contribution is 2.16. The normalized spacial score (nSPS) is 10.7. The molecule has 30 heavy (non-hydrogen) atoms. The molecule has 2 rings (SSSR count). The zero-order valence-corrected chi connectivity index (χ0v) is 19.0. The summed E-state index contributed by atoms with van der Waals surface area (Å²) in [4.78, 5) is 35.5. The van der Waals surface area contributed by atoms with Crippen LogP contribution < -0.4 is 10.6 Å². The van der Waals surface area contributed by atoms with Crippen LogP contribution in [0.25, 0.3) is 12.2 Å². The van der Waals surface area contributed by atoms with Gasteiger partial charge in [-0.05, 0) is 79.4 Å². The highest BCUT2D eigenvalue weighted by Gasteiger charge is 2.05. The largest absolute Gasteiger partial charge is 0.322 e. The lowest BCUT2D eigenvalue weighted by Gasteiger charge is -2.04. The van der Waals surface area contributed by atoms with Gasteiger partial charge < -0.3 is 10.6 Å². The van der Waals surface area contributed by atoms with Crippen molar-refractivity contribution in [2.45, 2.75) is 0 Å². The molecule has 0 fully saturated rings. The van der Waals surface area contributed by atoms with Gasteiger partial charge in [-0.2, -0.15) is 0 Å². The minimum atomic E-state index is -0.339. The highest BCUT2D eigenvalue weighted by atomic mass is 79.9. The van der Waals surface area contributed by atoms with Gasteiger partial charge in [-0.25, -0.2) is 0 Å². The van der Waals surface area contributed by atoms with Gasteiger partial charge in [0, 0.05) is 11.4 Å². The fraction of sp³-hybridized carbons (Fsp3) is 0. The molecule has 0 unspecified atom stereocenters. The van der Waals surface area contributed by atoms with Crippen LogP contribution in [0.5, 0.6) is 0 Å². The second kappa shape index (κ2) is 11.2. The number of carbonyl (C=O) groups is 3. The van der Waals surface area contributed by atoms with Gasteiger partial charge in [-0.15, -0.1) is 0 Å². The molecule has 2 aromatic rings. The third-order valence-corrected chi connectivity index (χ3v) is 4.38. The number of halogens is 2. The first-order valence-corrected chi connectivity index (χ1v) is 10.2. The van der Waals surface area contributed by atoms with E-state index in [4.69, 9.17) is 0 Å². The molecule has 0 bridgehead atoms. The Hall–Kier alpha value is -3.03. The van der Waals surface area contributed by atoms with Crippen LogP contribution in [0.3, 0.4) is 0 Å². The number of allylic oxidation sites excluding steroid dienone is 2. The average molecular weight is 530 g/mol. The summed E-state index contributed by atoms with van der Waals surface area (Å²) < 4.78 is 0.453. The highest BCUT2D eigenvalue weighted by molar-refractivity contribution is 9.12. The molecule has 0 aliphatic rings. The number of anilines is 2. The van der Waals surface area contributed by atoms with Crippen molar-refractivity contribution in [1.29, 1.82) is 0 Å². The van der Waals surface area contributed by atoms with E-state index in [1.807, 2.05) is 12.1 Å². The molecule has 0 saturated carbocycles. The number of carbonyl (C=O) groups excluding carboxylic acids is 3. The lowest BCUT2D eigenvalue weighted by molar-refractivity contribution is -0.112. The number of benzene rings is 2. The minimum Gasteiger partial charge on any atom is -0.322 e. The van der Waals surface area contributed by atoms with E-state index in [2.05, 4.69) is 55.7 Å². The molecular weight excluding hydrogens is 512 g/mol. The van der Waals surface area contributed by atoms with Crippen molar-refractivity contribution in [2.75, 3.05) is 10.6 Å². The molecular formula is C23H18Br2N2O3. The summed E-state index contributed by atoms with van der Waals surface area (Å²) in [6.45, 7) is 7.03. The van der Waals surface area contributed by atoms with Gasteiger partial charge in [0.25, 0.3) is 11.8 Å². The van der Waals surface area contributed by atoms with Crippen LogP contribution in [-0.4, -0.2) is 17.6 Å². The Kier molecular flexibility index (Phi) is 8.70. The Morgan fingerprint density at radius 3 is 1.50 bits per heavy atom. The molecule has 0 aromatic heterocycles. The number of ketones is 1. The van der Waals surface area contributed by atoms with Crippen molar-refractivity contribution >= 4 is 73.0 Å². The van der Waals surface area contributed by atoms with E-state index < -0.39 is 0 Å². The Labute approximate surface area is 191 Å². The minimum absolute atomic E-state index is 0.207.